The van der Waals surface area contributed by atoms with Gasteiger partial charge in [0.1, 0.15) is 17.2 Å². The fraction of sp³-hybridized carbons (Fsp3) is 0.154. The molecule has 1 aliphatic rings. The van der Waals surface area contributed by atoms with E-state index in [0.29, 0.717) is 17.0 Å². The van der Waals surface area contributed by atoms with Gasteiger partial charge >= 0.3 is 0 Å². The lowest BCUT2D eigenvalue weighted by Gasteiger charge is -2.21. The van der Waals surface area contributed by atoms with E-state index < -0.39 is 0 Å². The van der Waals surface area contributed by atoms with Crippen LogP contribution in [0.25, 0.3) is 11.3 Å². The molecule has 33 heavy (non-hydrogen) atoms. The summed E-state index contributed by atoms with van der Waals surface area (Å²) < 4.78 is 10.6. The monoisotopic (exact) mass is 457 g/mol. The molecule has 0 saturated carbocycles. The van der Waals surface area contributed by atoms with Gasteiger partial charge < -0.3 is 14.6 Å². The molecule has 7 heteroatoms. The maximum atomic E-state index is 10.5. The van der Waals surface area contributed by atoms with Gasteiger partial charge in [0.25, 0.3) is 0 Å². The first-order chi connectivity index (χ1) is 16.2. The third kappa shape index (κ3) is 4.15. The summed E-state index contributed by atoms with van der Waals surface area (Å²) in [5, 5.41) is 20.1. The fourth-order valence-electron chi connectivity index (χ4n) is 3.95. The Morgan fingerprint density at radius 3 is 2.48 bits per heavy atom. The molecule has 0 saturated heterocycles. The highest BCUT2D eigenvalue weighted by molar-refractivity contribution is 7.14. The van der Waals surface area contributed by atoms with Crippen LogP contribution in [0.5, 0.6) is 17.2 Å². The van der Waals surface area contributed by atoms with E-state index in [1.54, 1.807) is 20.3 Å². The predicted octanol–water partition coefficient (Wildman–Crippen LogP) is 5.89. The van der Waals surface area contributed by atoms with E-state index in [4.69, 9.17) is 19.6 Å². The SMILES string of the molecule is COc1cccc(C2=NN(c3nc(-c4ccc(OC)cc4O)cs3)C(c3ccccc3)C2)c1. The van der Waals surface area contributed by atoms with Gasteiger partial charge in [0.2, 0.25) is 5.13 Å². The lowest BCUT2D eigenvalue weighted by Crippen LogP contribution is -2.18. The van der Waals surface area contributed by atoms with Crippen LogP contribution >= 0.6 is 11.3 Å². The molecule has 0 fully saturated rings. The number of phenolic OH excluding ortho intramolecular Hbond substituents is 1. The van der Waals surface area contributed by atoms with Crippen molar-refractivity contribution in [3.05, 3.63) is 89.3 Å². The second kappa shape index (κ2) is 8.96. The van der Waals surface area contributed by atoms with Crippen LogP contribution < -0.4 is 14.5 Å². The van der Waals surface area contributed by atoms with Crippen LogP contribution in [0.4, 0.5) is 5.13 Å². The number of aromatic hydroxyl groups is 1. The van der Waals surface area contributed by atoms with Crippen LogP contribution in [0.1, 0.15) is 23.6 Å². The van der Waals surface area contributed by atoms with Gasteiger partial charge in [-0.1, -0.05) is 42.5 Å². The number of benzene rings is 3. The summed E-state index contributed by atoms with van der Waals surface area (Å²) in [5.41, 5.74) is 4.54. The summed E-state index contributed by atoms with van der Waals surface area (Å²) >= 11 is 1.50. The van der Waals surface area contributed by atoms with Gasteiger partial charge in [0.15, 0.2) is 0 Å². The second-order valence-corrected chi connectivity index (χ2v) is 8.49. The molecule has 6 nitrogen and oxygen atoms in total. The number of anilines is 1. The van der Waals surface area contributed by atoms with Crippen molar-refractivity contribution in [2.45, 2.75) is 12.5 Å². The fourth-order valence-corrected chi connectivity index (χ4v) is 4.77. The summed E-state index contributed by atoms with van der Waals surface area (Å²) in [6, 6.07) is 23.5. The summed E-state index contributed by atoms with van der Waals surface area (Å²) in [5.74, 6) is 1.53. The van der Waals surface area contributed by atoms with Gasteiger partial charge in [-0.25, -0.2) is 9.99 Å². The number of rotatable bonds is 6. The first-order valence-electron chi connectivity index (χ1n) is 10.6. The molecule has 4 aromatic rings. The van der Waals surface area contributed by atoms with Crippen molar-refractivity contribution in [1.29, 1.82) is 0 Å². The molecule has 2 heterocycles. The maximum Gasteiger partial charge on any atom is 0.207 e. The van der Waals surface area contributed by atoms with Gasteiger partial charge in [-0.15, -0.1) is 11.3 Å². The van der Waals surface area contributed by atoms with Crippen molar-refractivity contribution in [3.63, 3.8) is 0 Å². The standard InChI is InChI=1S/C26H23N3O3S/c1-31-19-10-6-9-18(13-19)22-15-24(17-7-4-3-5-8-17)29(28-22)26-27-23(16-33-26)21-12-11-20(32-2)14-25(21)30/h3-14,16,24,30H,15H2,1-2H3. The Kier molecular flexibility index (Phi) is 5.71. The number of nitrogens with zero attached hydrogens (tertiary/aromatic N) is 3. The molecule has 166 valence electrons. The molecule has 1 atom stereocenters. The smallest absolute Gasteiger partial charge is 0.207 e. The lowest BCUT2D eigenvalue weighted by molar-refractivity contribution is 0.408. The average Bonchev–Trinajstić information content (AvgIpc) is 3.52. The molecule has 1 unspecified atom stereocenters. The topological polar surface area (TPSA) is 67.2 Å². The average molecular weight is 458 g/mol. The van der Waals surface area contributed by atoms with Crippen molar-refractivity contribution in [3.8, 4) is 28.5 Å². The zero-order chi connectivity index (χ0) is 22.8. The van der Waals surface area contributed by atoms with Crippen molar-refractivity contribution in [2.75, 3.05) is 19.2 Å². The Bertz CT molecular complexity index is 1300. The van der Waals surface area contributed by atoms with Crippen LogP contribution in [0.3, 0.4) is 0 Å². The van der Waals surface area contributed by atoms with Gasteiger partial charge in [0.05, 0.1) is 31.7 Å². The summed E-state index contributed by atoms with van der Waals surface area (Å²) in [6.07, 6.45) is 0.750. The number of hydrazone groups is 1. The second-order valence-electron chi connectivity index (χ2n) is 7.65. The number of phenols is 1. The molecular formula is C26H23N3O3S. The van der Waals surface area contributed by atoms with Gasteiger partial charge in [-0.05, 0) is 29.8 Å². The minimum absolute atomic E-state index is 0.0239. The van der Waals surface area contributed by atoms with Crippen molar-refractivity contribution >= 4 is 22.2 Å². The van der Waals surface area contributed by atoms with Crippen LogP contribution in [-0.2, 0) is 0 Å². The zero-order valence-corrected chi connectivity index (χ0v) is 19.1. The number of ether oxygens (including phenoxy) is 2. The molecule has 3 aromatic carbocycles. The Hall–Kier alpha value is -3.84. The third-order valence-corrected chi connectivity index (χ3v) is 6.50. The molecule has 1 N–H and O–H groups in total. The highest BCUT2D eigenvalue weighted by atomic mass is 32.1. The quantitative estimate of drug-likeness (QED) is 0.391. The Labute approximate surface area is 196 Å². The molecule has 5 rings (SSSR count). The number of hydrogen-bond donors (Lipinski definition) is 1. The van der Waals surface area contributed by atoms with Crippen molar-refractivity contribution in [1.82, 2.24) is 4.98 Å². The molecule has 0 spiro atoms. The normalized spacial score (nSPS) is 15.4. The molecule has 1 aliphatic heterocycles. The minimum atomic E-state index is 0.0239. The Morgan fingerprint density at radius 1 is 0.939 bits per heavy atom. The van der Waals surface area contributed by atoms with Crippen LogP contribution in [0.2, 0.25) is 0 Å². The maximum absolute atomic E-state index is 10.5. The zero-order valence-electron chi connectivity index (χ0n) is 18.3. The van der Waals surface area contributed by atoms with E-state index in [1.165, 1.54) is 16.9 Å². The van der Waals surface area contributed by atoms with E-state index >= 15 is 0 Å². The van der Waals surface area contributed by atoms with Gasteiger partial charge in [-0.3, -0.25) is 0 Å². The van der Waals surface area contributed by atoms with E-state index in [-0.39, 0.29) is 11.8 Å². The largest absolute Gasteiger partial charge is 0.507 e. The Balaban J connectivity index is 1.53. The van der Waals surface area contributed by atoms with Crippen LogP contribution in [-0.4, -0.2) is 30.0 Å². The van der Waals surface area contributed by atoms with E-state index in [9.17, 15) is 5.11 Å². The van der Waals surface area contributed by atoms with E-state index in [2.05, 4.69) is 18.2 Å². The molecule has 0 bridgehead atoms. The van der Waals surface area contributed by atoms with Gasteiger partial charge in [-0.2, -0.15) is 5.10 Å². The molecule has 0 amide bonds. The molecule has 0 radical (unpaired) electrons. The van der Waals surface area contributed by atoms with E-state index in [0.717, 1.165) is 28.6 Å². The number of thiazole rings is 1. The van der Waals surface area contributed by atoms with Crippen molar-refractivity contribution in [2.24, 2.45) is 5.10 Å². The highest BCUT2D eigenvalue weighted by Gasteiger charge is 2.32. The highest BCUT2D eigenvalue weighted by Crippen LogP contribution is 2.41. The van der Waals surface area contributed by atoms with Gasteiger partial charge in [0, 0.05) is 29.0 Å². The Morgan fingerprint density at radius 2 is 1.73 bits per heavy atom. The summed E-state index contributed by atoms with van der Waals surface area (Å²) in [6.45, 7) is 0. The summed E-state index contributed by atoms with van der Waals surface area (Å²) in [7, 11) is 3.24. The minimum Gasteiger partial charge on any atom is -0.507 e. The lowest BCUT2D eigenvalue weighted by atomic mass is 9.98. The third-order valence-electron chi connectivity index (χ3n) is 5.67. The molecule has 0 aliphatic carbocycles. The predicted molar refractivity (Wildman–Crippen MR) is 132 cm³/mol. The van der Waals surface area contributed by atoms with Crippen LogP contribution in [0, 0.1) is 0 Å². The number of methoxy groups -OCH3 is 2. The first-order valence-corrected chi connectivity index (χ1v) is 11.4. The first kappa shape index (κ1) is 21.0. The van der Waals surface area contributed by atoms with Crippen LogP contribution in [0.15, 0.2) is 83.3 Å². The number of aromatic nitrogens is 1. The summed E-state index contributed by atoms with van der Waals surface area (Å²) in [4.78, 5) is 4.83. The van der Waals surface area contributed by atoms with E-state index in [1.807, 2.05) is 58.9 Å². The molecule has 1 aromatic heterocycles. The molecular weight excluding hydrogens is 434 g/mol. The number of hydrogen-bond acceptors (Lipinski definition) is 7. The van der Waals surface area contributed by atoms with Crippen molar-refractivity contribution < 1.29 is 14.6 Å².